The van der Waals surface area contributed by atoms with Gasteiger partial charge in [0.2, 0.25) is 0 Å². The summed E-state index contributed by atoms with van der Waals surface area (Å²) in [6.07, 6.45) is 4.66. The Morgan fingerprint density at radius 1 is 1.39 bits per heavy atom. The average molecular weight is 250 g/mol. The third kappa shape index (κ3) is 3.15. The predicted octanol–water partition coefficient (Wildman–Crippen LogP) is 1.76. The number of hydrogen-bond donors (Lipinski definition) is 3. The van der Waals surface area contributed by atoms with Gasteiger partial charge in [-0.25, -0.2) is 0 Å². The zero-order valence-corrected chi connectivity index (χ0v) is 10.9. The minimum Gasteiger partial charge on any atom is -0.508 e. The van der Waals surface area contributed by atoms with E-state index in [2.05, 4.69) is 5.32 Å². The highest BCUT2D eigenvalue weighted by molar-refractivity contribution is 5.39. The standard InChI is InChI=1S/C14H22N2O2/c1-18-11-6-7-14(17)10(8-11)9-16-13-5-3-2-4-12(13)15/h6-8,12-13,16-17H,2-5,9,15H2,1H3. The van der Waals surface area contributed by atoms with E-state index >= 15 is 0 Å². The van der Waals surface area contributed by atoms with Crippen molar-refractivity contribution >= 4 is 0 Å². The van der Waals surface area contributed by atoms with E-state index in [1.165, 1.54) is 12.8 Å². The minimum absolute atomic E-state index is 0.228. The fourth-order valence-corrected chi connectivity index (χ4v) is 2.48. The second-order valence-corrected chi connectivity index (χ2v) is 4.93. The number of methoxy groups -OCH3 is 1. The van der Waals surface area contributed by atoms with E-state index in [4.69, 9.17) is 10.5 Å². The summed E-state index contributed by atoms with van der Waals surface area (Å²) in [4.78, 5) is 0. The van der Waals surface area contributed by atoms with Crippen LogP contribution >= 0.6 is 0 Å². The first-order chi connectivity index (χ1) is 8.70. The maximum Gasteiger partial charge on any atom is 0.120 e. The van der Waals surface area contributed by atoms with Gasteiger partial charge in [0.15, 0.2) is 0 Å². The summed E-state index contributed by atoms with van der Waals surface area (Å²) in [5, 5.41) is 13.2. The SMILES string of the molecule is COc1ccc(O)c(CNC2CCCCC2N)c1. The molecule has 2 rings (SSSR count). The van der Waals surface area contributed by atoms with Gasteiger partial charge in [-0.3, -0.25) is 0 Å². The van der Waals surface area contributed by atoms with Crippen LogP contribution in [0.2, 0.25) is 0 Å². The summed E-state index contributed by atoms with van der Waals surface area (Å²) in [6, 6.07) is 5.86. The van der Waals surface area contributed by atoms with Crippen LogP contribution in [0.4, 0.5) is 0 Å². The molecular weight excluding hydrogens is 228 g/mol. The van der Waals surface area contributed by atoms with Gasteiger partial charge in [-0.05, 0) is 31.0 Å². The van der Waals surface area contributed by atoms with E-state index in [0.29, 0.717) is 18.3 Å². The highest BCUT2D eigenvalue weighted by Gasteiger charge is 2.21. The third-order valence-electron chi connectivity index (χ3n) is 3.66. The van der Waals surface area contributed by atoms with Crippen LogP contribution in [0.15, 0.2) is 18.2 Å². The molecule has 1 aromatic carbocycles. The van der Waals surface area contributed by atoms with Crippen molar-refractivity contribution in [2.24, 2.45) is 5.73 Å². The van der Waals surface area contributed by atoms with Crippen molar-refractivity contribution in [3.63, 3.8) is 0 Å². The lowest BCUT2D eigenvalue weighted by atomic mass is 9.91. The lowest BCUT2D eigenvalue weighted by molar-refractivity contribution is 0.324. The van der Waals surface area contributed by atoms with Crippen molar-refractivity contribution in [1.82, 2.24) is 5.32 Å². The Morgan fingerprint density at radius 3 is 2.89 bits per heavy atom. The highest BCUT2D eigenvalue weighted by Crippen LogP contribution is 2.24. The number of phenolic OH excluding ortho intramolecular Hbond substituents is 1. The fourth-order valence-electron chi connectivity index (χ4n) is 2.48. The number of phenols is 1. The molecule has 0 bridgehead atoms. The number of aromatic hydroxyl groups is 1. The summed E-state index contributed by atoms with van der Waals surface area (Å²) in [5.74, 6) is 1.06. The molecule has 4 heteroatoms. The predicted molar refractivity (Wildman–Crippen MR) is 71.7 cm³/mol. The summed E-state index contributed by atoms with van der Waals surface area (Å²) in [6.45, 7) is 0.626. The van der Waals surface area contributed by atoms with Gasteiger partial charge in [0.1, 0.15) is 11.5 Å². The van der Waals surface area contributed by atoms with Crippen LogP contribution in [0.25, 0.3) is 0 Å². The molecule has 0 saturated heterocycles. The second kappa shape index (κ2) is 6.07. The molecule has 0 aliphatic heterocycles. The Hall–Kier alpha value is -1.26. The Morgan fingerprint density at radius 2 is 2.17 bits per heavy atom. The molecule has 0 amide bonds. The molecular formula is C14H22N2O2. The average Bonchev–Trinajstić information content (AvgIpc) is 2.39. The topological polar surface area (TPSA) is 67.5 Å². The van der Waals surface area contributed by atoms with Crippen LogP contribution in [0.5, 0.6) is 11.5 Å². The molecule has 2 unspecified atom stereocenters. The van der Waals surface area contributed by atoms with Gasteiger partial charge in [-0.1, -0.05) is 12.8 Å². The van der Waals surface area contributed by atoms with Crippen LogP contribution in [-0.2, 0) is 6.54 Å². The molecule has 1 aliphatic carbocycles. The van der Waals surface area contributed by atoms with Gasteiger partial charge in [-0.15, -0.1) is 0 Å². The normalized spacial score (nSPS) is 23.9. The van der Waals surface area contributed by atoms with Crippen molar-refractivity contribution in [1.29, 1.82) is 0 Å². The first-order valence-electron chi connectivity index (χ1n) is 6.55. The zero-order chi connectivity index (χ0) is 13.0. The molecule has 18 heavy (non-hydrogen) atoms. The Balaban J connectivity index is 1.96. The first kappa shape index (κ1) is 13.2. The van der Waals surface area contributed by atoms with Crippen LogP contribution < -0.4 is 15.8 Å². The van der Waals surface area contributed by atoms with Gasteiger partial charge in [0, 0.05) is 24.2 Å². The zero-order valence-electron chi connectivity index (χ0n) is 10.9. The quantitative estimate of drug-likeness (QED) is 0.761. The van der Waals surface area contributed by atoms with Crippen molar-refractivity contribution in [2.45, 2.75) is 44.3 Å². The van der Waals surface area contributed by atoms with Gasteiger partial charge in [-0.2, -0.15) is 0 Å². The maximum atomic E-state index is 9.80. The van der Waals surface area contributed by atoms with Gasteiger partial charge in [0.05, 0.1) is 7.11 Å². The largest absolute Gasteiger partial charge is 0.508 e. The van der Waals surface area contributed by atoms with Gasteiger partial charge < -0.3 is 20.9 Å². The molecule has 0 aromatic heterocycles. The molecule has 1 saturated carbocycles. The Labute approximate surface area is 108 Å². The minimum atomic E-state index is 0.228. The molecule has 1 aromatic rings. The monoisotopic (exact) mass is 250 g/mol. The Bertz CT molecular complexity index is 395. The third-order valence-corrected chi connectivity index (χ3v) is 3.66. The number of nitrogens with two attached hydrogens (primary N) is 1. The number of hydrogen-bond acceptors (Lipinski definition) is 4. The lowest BCUT2D eigenvalue weighted by Crippen LogP contribution is -2.46. The second-order valence-electron chi connectivity index (χ2n) is 4.93. The number of ether oxygens (including phenoxy) is 1. The summed E-state index contributed by atoms with van der Waals surface area (Å²) in [5.41, 5.74) is 6.94. The smallest absolute Gasteiger partial charge is 0.120 e. The van der Waals surface area contributed by atoms with Crippen LogP contribution in [0, 0.1) is 0 Å². The fraction of sp³-hybridized carbons (Fsp3) is 0.571. The van der Waals surface area contributed by atoms with E-state index in [9.17, 15) is 5.11 Å². The molecule has 4 nitrogen and oxygen atoms in total. The summed E-state index contributed by atoms with van der Waals surface area (Å²) in [7, 11) is 1.63. The van der Waals surface area contributed by atoms with Crippen molar-refractivity contribution in [3.05, 3.63) is 23.8 Å². The van der Waals surface area contributed by atoms with E-state index in [1.807, 2.05) is 6.07 Å². The number of rotatable bonds is 4. The van der Waals surface area contributed by atoms with E-state index in [-0.39, 0.29) is 6.04 Å². The molecule has 0 radical (unpaired) electrons. The molecule has 0 spiro atoms. The molecule has 1 aliphatic rings. The van der Waals surface area contributed by atoms with Crippen molar-refractivity contribution < 1.29 is 9.84 Å². The van der Waals surface area contributed by atoms with Gasteiger partial charge in [0.25, 0.3) is 0 Å². The first-order valence-corrected chi connectivity index (χ1v) is 6.55. The van der Waals surface area contributed by atoms with Crippen molar-refractivity contribution in [3.8, 4) is 11.5 Å². The van der Waals surface area contributed by atoms with E-state index in [1.54, 1.807) is 19.2 Å². The van der Waals surface area contributed by atoms with E-state index in [0.717, 1.165) is 24.2 Å². The molecule has 100 valence electrons. The summed E-state index contributed by atoms with van der Waals surface area (Å²) < 4.78 is 5.16. The molecule has 1 fully saturated rings. The lowest BCUT2D eigenvalue weighted by Gasteiger charge is -2.29. The number of nitrogens with one attached hydrogen (secondary N) is 1. The molecule has 2 atom stereocenters. The van der Waals surface area contributed by atoms with Crippen LogP contribution in [0.3, 0.4) is 0 Å². The van der Waals surface area contributed by atoms with Crippen LogP contribution in [-0.4, -0.2) is 24.3 Å². The van der Waals surface area contributed by atoms with Crippen molar-refractivity contribution in [2.75, 3.05) is 7.11 Å². The molecule has 0 heterocycles. The molecule has 4 N–H and O–H groups in total. The highest BCUT2D eigenvalue weighted by atomic mass is 16.5. The summed E-state index contributed by atoms with van der Waals surface area (Å²) >= 11 is 0. The van der Waals surface area contributed by atoms with E-state index < -0.39 is 0 Å². The van der Waals surface area contributed by atoms with Gasteiger partial charge >= 0.3 is 0 Å². The van der Waals surface area contributed by atoms with Crippen LogP contribution in [0.1, 0.15) is 31.2 Å². The maximum absolute atomic E-state index is 9.80. The number of benzene rings is 1. The Kier molecular flexibility index (Phi) is 4.44.